The standard InChI is InChI=1S/C15H15F3O5S/c1-24(21,22)13-5-3-9(8-11(13)15(16,17)18)2-4-10-12(19)6-7-23-14(10)20/h3,5,8,10H,2,4,6-7H2,1H3. The van der Waals surface area contributed by atoms with Crippen LogP contribution >= 0.6 is 0 Å². The number of alkyl halides is 3. The van der Waals surface area contributed by atoms with Gasteiger partial charge in [-0.05, 0) is 30.5 Å². The van der Waals surface area contributed by atoms with Crippen LogP contribution in [0, 0.1) is 5.92 Å². The molecular weight excluding hydrogens is 349 g/mol. The first kappa shape index (κ1) is 18.4. The van der Waals surface area contributed by atoms with Gasteiger partial charge in [0.25, 0.3) is 0 Å². The van der Waals surface area contributed by atoms with Crippen molar-refractivity contribution in [1.82, 2.24) is 0 Å². The molecule has 1 heterocycles. The van der Waals surface area contributed by atoms with E-state index in [4.69, 9.17) is 4.74 Å². The SMILES string of the molecule is CS(=O)(=O)c1ccc(CCC2C(=O)CCOC2=O)cc1C(F)(F)F. The van der Waals surface area contributed by atoms with Gasteiger partial charge in [-0.2, -0.15) is 13.2 Å². The summed E-state index contributed by atoms with van der Waals surface area (Å²) in [5.74, 6) is -1.95. The van der Waals surface area contributed by atoms with Crippen molar-refractivity contribution in [1.29, 1.82) is 0 Å². The van der Waals surface area contributed by atoms with E-state index in [0.29, 0.717) is 6.26 Å². The number of hydrogen-bond acceptors (Lipinski definition) is 5. The summed E-state index contributed by atoms with van der Waals surface area (Å²) in [5.41, 5.74) is -1.05. The number of carbonyl (C=O) groups is 2. The van der Waals surface area contributed by atoms with Gasteiger partial charge in [0, 0.05) is 12.7 Å². The quantitative estimate of drug-likeness (QED) is 0.604. The molecule has 0 aliphatic carbocycles. The summed E-state index contributed by atoms with van der Waals surface area (Å²) in [6.07, 6.45) is -3.98. The Morgan fingerprint density at radius 3 is 2.46 bits per heavy atom. The van der Waals surface area contributed by atoms with Crippen LogP contribution < -0.4 is 0 Å². The van der Waals surface area contributed by atoms with E-state index in [1.165, 1.54) is 6.07 Å². The Kier molecular flexibility index (Phi) is 5.03. The first-order valence-electron chi connectivity index (χ1n) is 7.09. The number of aryl methyl sites for hydroxylation is 1. The van der Waals surface area contributed by atoms with Crippen molar-refractivity contribution >= 4 is 21.6 Å². The van der Waals surface area contributed by atoms with Gasteiger partial charge in [-0.1, -0.05) is 6.07 Å². The number of benzene rings is 1. The number of carbonyl (C=O) groups excluding carboxylic acids is 2. The molecule has 1 aromatic carbocycles. The summed E-state index contributed by atoms with van der Waals surface area (Å²) >= 11 is 0. The fourth-order valence-electron chi connectivity index (χ4n) is 2.53. The third-order valence-electron chi connectivity index (χ3n) is 3.74. The van der Waals surface area contributed by atoms with Crippen LogP contribution in [0.2, 0.25) is 0 Å². The van der Waals surface area contributed by atoms with Gasteiger partial charge in [0.1, 0.15) is 5.92 Å². The van der Waals surface area contributed by atoms with Crippen molar-refractivity contribution in [2.24, 2.45) is 5.92 Å². The highest BCUT2D eigenvalue weighted by Gasteiger charge is 2.37. The van der Waals surface area contributed by atoms with Crippen LogP contribution in [0.4, 0.5) is 13.2 Å². The number of ketones is 1. The number of halogens is 3. The monoisotopic (exact) mass is 364 g/mol. The Morgan fingerprint density at radius 2 is 1.92 bits per heavy atom. The van der Waals surface area contributed by atoms with E-state index < -0.39 is 38.4 Å². The maximum atomic E-state index is 13.1. The van der Waals surface area contributed by atoms with Crippen LogP contribution in [0.15, 0.2) is 23.1 Å². The fraction of sp³-hybridized carbons (Fsp3) is 0.467. The highest BCUT2D eigenvalue weighted by atomic mass is 32.2. The van der Waals surface area contributed by atoms with Crippen molar-refractivity contribution in [2.75, 3.05) is 12.9 Å². The van der Waals surface area contributed by atoms with Crippen molar-refractivity contribution in [3.05, 3.63) is 29.3 Å². The van der Waals surface area contributed by atoms with Crippen LogP contribution in [-0.2, 0) is 36.8 Å². The Labute approximate surface area is 136 Å². The molecule has 1 aromatic rings. The van der Waals surface area contributed by atoms with Crippen molar-refractivity contribution in [3.8, 4) is 0 Å². The van der Waals surface area contributed by atoms with E-state index in [0.717, 1.165) is 12.1 Å². The molecule has 0 bridgehead atoms. The zero-order valence-electron chi connectivity index (χ0n) is 12.7. The minimum atomic E-state index is -4.83. The number of hydrogen-bond donors (Lipinski definition) is 0. The van der Waals surface area contributed by atoms with Gasteiger partial charge < -0.3 is 4.74 Å². The Morgan fingerprint density at radius 1 is 1.25 bits per heavy atom. The minimum absolute atomic E-state index is 0.0210. The first-order valence-corrected chi connectivity index (χ1v) is 8.99. The summed E-state index contributed by atoms with van der Waals surface area (Å²) in [5, 5.41) is 0. The van der Waals surface area contributed by atoms with Gasteiger partial charge in [0.15, 0.2) is 15.6 Å². The molecule has 0 spiro atoms. The molecule has 0 saturated carbocycles. The molecule has 1 aliphatic rings. The lowest BCUT2D eigenvalue weighted by Crippen LogP contribution is -2.33. The molecule has 0 radical (unpaired) electrons. The van der Waals surface area contributed by atoms with Gasteiger partial charge in [0.05, 0.1) is 17.1 Å². The van der Waals surface area contributed by atoms with E-state index in [1.807, 2.05) is 0 Å². The third kappa shape index (κ3) is 4.14. The molecule has 5 nitrogen and oxygen atoms in total. The molecule has 9 heteroatoms. The Balaban J connectivity index is 2.26. The van der Waals surface area contributed by atoms with Gasteiger partial charge in [-0.3, -0.25) is 9.59 Å². The number of rotatable bonds is 4. The molecule has 1 atom stereocenters. The zero-order valence-corrected chi connectivity index (χ0v) is 13.5. The van der Waals surface area contributed by atoms with E-state index in [9.17, 15) is 31.2 Å². The van der Waals surface area contributed by atoms with E-state index in [2.05, 4.69) is 0 Å². The maximum Gasteiger partial charge on any atom is 0.417 e. The second kappa shape index (κ2) is 6.54. The second-order valence-corrected chi connectivity index (χ2v) is 7.56. The number of esters is 1. The van der Waals surface area contributed by atoms with E-state index in [1.54, 1.807) is 0 Å². The maximum absolute atomic E-state index is 13.1. The molecule has 0 aromatic heterocycles. The molecule has 1 aliphatic heterocycles. The predicted molar refractivity (Wildman–Crippen MR) is 76.9 cm³/mol. The van der Waals surface area contributed by atoms with Crippen molar-refractivity contribution in [2.45, 2.75) is 30.3 Å². The molecular formula is C15H15F3O5S. The lowest BCUT2D eigenvalue weighted by atomic mass is 9.92. The Hall–Kier alpha value is -1.90. The number of Topliss-reactive ketones (excluding diaryl/α,β-unsaturated/α-hetero) is 1. The van der Waals surface area contributed by atoms with Crippen LogP contribution in [0.25, 0.3) is 0 Å². The van der Waals surface area contributed by atoms with E-state index >= 15 is 0 Å². The molecule has 1 unspecified atom stereocenters. The average Bonchev–Trinajstić information content (AvgIpc) is 2.44. The Bertz CT molecular complexity index is 752. The number of ether oxygens (including phenoxy) is 1. The largest absolute Gasteiger partial charge is 0.465 e. The highest BCUT2D eigenvalue weighted by molar-refractivity contribution is 7.90. The molecule has 0 amide bonds. The predicted octanol–water partition coefficient (Wildman–Crippen LogP) is 2.17. The third-order valence-corrected chi connectivity index (χ3v) is 4.89. The summed E-state index contributed by atoms with van der Waals surface area (Å²) < 4.78 is 67.0. The molecule has 24 heavy (non-hydrogen) atoms. The lowest BCUT2D eigenvalue weighted by molar-refractivity contribution is -0.158. The normalized spacial score (nSPS) is 19.2. The van der Waals surface area contributed by atoms with Gasteiger partial charge in [-0.15, -0.1) is 0 Å². The number of sulfone groups is 1. The zero-order chi connectivity index (χ0) is 18.1. The van der Waals surface area contributed by atoms with Gasteiger partial charge in [-0.25, -0.2) is 8.42 Å². The molecule has 1 saturated heterocycles. The van der Waals surface area contributed by atoms with Crippen LogP contribution in [0.1, 0.15) is 24.0 Å². The summed E-state index contributed by atoms with van der Waals surface area (Å²) in [4.78, 5) is 22.4. The van der Waals surface area contributed by atoms with Crippen LogP contribution in [0.3, 0.4) is 0 Å². The summed E-state index contributed by atoms with van der Waals surface area (Å²) in [6, 6.07) is 2.90. The summed E-state index contributed by atoms with van der Waals surface area (Å²) in [6.45, 7) is 0.0233. The number of cyclic esters (lactones) is 1. The fourth-order valence-corrected chi connectivity index (χ4v) is 3.42. The topological polar surface area (TPSA) is 77.5 Å². The average molecular weight is 364 g/mol. The van der Waals surface area contributed by atoms with Crippen LogP contribution in [-0.4, -0.2) is 33.0 Å². The molecule has 132 valence electrons. The van der Waals surface area contributed by atoms with Gasteiger partial charge >= 0.3 is 12.1 Å². The van der Waals surface area contributed by atoms with Crippen molar-refractivity contribution < 1.29 is 35.9 Å². The second-order valence-electron chi connectivity index (χ2n) is 5.58. The first-order chi connectivity index (χ1) is 11.0. The molecule has 1 fully saturated rings. The molecule has 2 rings (SSSR count). The molecule has 0 N–H and O–H groups in total. The summed E-state index contributed by atoms with van der Waals surface area (Å²) in [7, 11) is -4.03. The highest BCUT2D eigenvalue weighted by Crippen LogP contribution is 2.35. The minimum Gasteiger partial charge on any atom is -0.465 e. The van der Waals surface area contributed by atoms with Crippen molar-refractivity contribution in [3.63, 3.8) is 0 Å². The van der Waals surface area contributed by atoms with E-state index in [-0.39, 0.29) is 37.2 Å². The smallest absolute Gasteiger partial charge is 0.417 e. The van der Waals surface area contributed by atoms with Crippen LogP contribution in [0.5, 0.6) is 0 Å². The van der Waals surface area contributed by atoms with Gasteiger partial charge in [0.2, 0.25) is 0 Å². The lowest BCUT2D eigenvalue weighted by Gasteiger charge is -2.20.